The average Bonchev–Trinajstić information content (AvgIpc) is 3.18. The second-order valence-electron chi connectivity index (χ2n) is 5.96. The molecule has 0 saturated carbocycles. The van der Waals surface area contributed by atoms with Gasteiger partial charge in [-0.05, 0) is 43.7 Å². The molecule has 6 heteroatoms. The predicted molar refractivity (Wildman–Crippen MR) is 104 cm³/mol. The number of methoxy groups -OCH3 is 2. The van der Waals surface area contributed by atoms with Crippen molar-refractivity contribution >= 4 is 5.96 Å². The molecule has 0 bridgehead atoms. The minimum absolute atomic E-state index is 0.00627. The molecule has 0 aliphatic heterocycles. The first-order chi connectivity index (χ1) is 12.7. The zero-order valence-electron chi connectivity index (χ0n) is 16.0. The van der Waals surface area contributed by atoms with Crippen molar-refractivity contribution in [1.82, 2.24) is 10.6 Å². The number of aliphatic imine (C=N–C) groups is 1. The molecule has 1 atom stereocenters. The lowest BCUT2D eigenvalue weighted by Crippen LogP contribution is -2.40. The molecule has 6 nitrogen and oxygen atoms in total. The molecule has 0 aliphatic carbocycles. The molecule has 1 aromatic heterocycles. The third-order valence-electron chi connectivity index (χ3n) is 3.99. The smallest absolute Gasteiger partial charge is 0.191 e. The van der Waals surface area contributed by atoms with Crippen LogP contribution in [0.1, 0.15) is 37.6 Å². The number of hydrogen-bond acceptors (Lipinski definition) is 4. The van der Waals surface area contributed by atoms with Crippen molar-refractivity contribution in [1.29, 1.82) is 0 Å². The van der Waals surface area contributed by atoms with Gasteiger partial charge in [-0.1, -0.05) is 6.92 Å². The van der Waals surface area contributed by atoms with E-state index in [2.05, 4.69) is 29.5 Å². The molecule has 0 radical (unpaired) electrons. The van der Waals surface area contributed by atoms with Gasteiger partial charge in [-0.25, -0.2) is 0 Å². The normalized spacial score (nSPS) is 12.5. The second-order valence-corrected chi connectivity index (χ2v) is 5.96. The van der Waals surface area contributed by atoms with E-state index in [0.717, 1.165) is 54.7 Å². The van der Waals surface area contributed by atoms with Gasteiger partial charge in [0.05, 0.1) is 26.5 Å². The largest absolute Gasteiger partial charge is 0.497 e. The maximum Gasteiger partial charge on any atom is 0.191 e. The summed E-state index contributed by atoms with van der Waals surface area (Å²) in [6.07, 6.45) is 3.48. The monoisotopic (exact) mass is 359 g/mol. The third kappa shape index (κ3) is 5.72. The summed E-state index contributed by atoms with van der Waals surface area (Å²) in [5.41, 5.74) is 1.02. The Kier molecular flexibility index (Phi) is 7.86. The minimum atomic E-state index is 0.00627. The summed E-state index contributed by atoms with van der Waals surface area (Å²) in [4.78, 5) is 4.62. The Balaban J connectivity index is 2.04. The fourth-order valence-electron chi connectivity index (χ4n) is 2.60. The standard InChI is InChI=1S/C20H29N3O3/c1-5-11-21-20(22-12-10-16-7-6-13-26-16)23-15(2)18-14-17(24-3)8-9-19(18)25-4/h6-9,13-15H,5,10-12H2,1-4H3,(H2,21,22,23). The van der Waals surface area contributed by atoms with E-state index < -0.39 is 0 Å². The van der Waals surface area contributed by atoms with Crippen molar-refractivity contribution in [3.63, 3.8) is 0 Å². The molecule has 0 aliphatic rings. The molecule has 1 unspecified atom stereocenters. The van der Waals surface area contributed by atoms with E-state index in [1.165, 1.54) is 0 Å². The van der Waals surface area contributed by atoms with Gasteiger partial charge in [0.15, 0.2) is 5.96 Å². The highest BCUT2D eigenvalue weighted by Gasteiger charge is 2.14. The van der Waals surface area contributed by atoms with Crippen molar-refractivity contribution < 1.29 is 13.9 Å². The van der Waals surface area contributed by atoms with Gasteiger partial charge in [-0.15, -0.1) is 0 Å². The predicted octanol–water partition coefficient (Wildman–Crippen LogP) is 3.55. The quantitative estimate of drug-likeness (QED) is 0.529. The van der Waals surface area contributed by atoms with E-state index in [-0.39, 0.29) is 6.04 Å². The van der Waals surface area contributed by atoms with E-state index in [4.69, 9.17) is 13.9 Å². The molecular weight excluding hydrogens is 330 g/mol. The molecule has 26 heavy (non-hydrogen) atoms. The van der Waals surface area contributed by atoms with Crippen LogP contribution in [0.5, 0.6) is 11.5 Å². The highest BCUT2D eigenvalue weighted by atomic mass is 16.5. The van der Waals surface area contributed by atoms with Crippen LogP contribution in [0.2, 0.25) is 0 Å². The van der Waals surface area contributed by atoms with Crippen LogP contribution in [-0.2, 0) is 6.42 Å². The zero-order chi connectivity index (χ0) is 18.8. The molecule has 2 N–H and O–H groups in total. The van der Waals surface area contributed by atoms with Gasteiger partial charge in [0, 0.05) is 25.1 Å². The molecular formula is C20H29N3O3. The number of benzene rings is 1. The highest BCUT2D eigenvalue weighted by molar-refractivity contribution is 5.80. The van der Waals surface area contributed by atoms with Gasteiger partial charge in [0.25, 0.3) is 0 Å². The molecule has 0 amide bonds. The van der Waals surface area contributed by atoms with Gasteiger partial charge in [-0.3, -0.25) is 4.99 Å². The molecule has 1 heterocycles. The summed E-state index contributed by atoms with van der Waals surface area (Å²) in [6.45, 7) is 5.69. The van der Waals surface area contributed by atoms with Gasteiger partial charge in [0.1, 0.15) is 17.3 Å². The van der Waals surface area contributed by atoms with E-state index >= 15 is 0 Å². The molecule has 2 rings (SSSR count). The first-order valence-corrected chi connectivity index (χ1v) is 8.97. The summed E-state index contributed by atoms with van der Waals surface area (Å²) < 4.78 is 16.2. The minimum Gasteiger partial charge on any atom is -0.497 e. The average molecular weight is 359 g/mol. The van der Waals surface area contributed by atoms with Crippen LogP contribution in [0.25, 0.3) is 0 Å². The Morgan fingerprint density at radius 3 is 2.73 bits per heavy atom. The van der Waals surface area contributed by atoms with E-state index in [0.29, 0.717) is 0 Å². The maximum atomic E-state index is 5.49. The zero-order valence-corrected chi connectivity index (χ0v) is 16.0. The first-order valence-electron chi connectivity index (χ1n) is 8.97. The summed E-state index contributed by atoms with van der Waals surface area (Å²) in [5, 5.41) is 6.81. The fourth-order valence-corrected chi connectivity index (χ4v) is 2.60. The molecule has 0 spiro atoms. The Bertz CT molecular complexity index is 684. The molecule has 142 valence electrons. The lowest BCUT2D eigenvalue weighted by molar-refractivity contribution is 0.394. The van der Waals surface area contributed by atoms with Crippen molar-refractivity contribution in [2.24, 2.45) is 4.99 Å². The summed E-state index contributed by atoms with van der Waals surface area (Å²) in [7, 11) is 3.33. The Labute approximate surface area is 155 Å². The number of hydrogen-bond donors (Lipinski definition) is 2. The number of guanidine groups is 1. The van der Waals surface area contributed by atoms with E-state index in [1.807, 2.05) is 30.3 Å². The van der Waals surface area contributed by atoms with Crippen LogP contribution in [-0.4, -0.2) is 33.3 Å². The topological polar surface area (TPSA) is 68.0 Å². The van der Waals surface area contributed by atoms with Crippen molar-refractivity contribution in [3.8, 4) is 11.5 Å². The first kappa shape index (κ1) is 19.7. The highest BCUT2D eigenvalue weighted by Crippen LogP contribution is 2.29. The van der Waals surface area contributed by atoms with Crippen LogP contribution in [0.4, 0.5) is 0 Å². The van der Waals surface area contributed by atoms with Crippen LogP contribution in [0.15, 0.2) is 46.0 Å². The van der Waals surface area contributed by atoms with Gasteiger partial charge in [-0.2, -0.15) is 0 Å². The summed E-state index contributed by atoms with van der Waals surface area (Å²) in [6, 6.07) is 9.67. The molecule has 0 fully saturated rings. The second kappa shape index (κ2) is 10.4. The van der Waals surface area contributed by atoms with E-state index in [9.17, 15) is 0 Å². The Morgan fingerprint density at radius 2 is 2.08 bits per heavy atom. The molecule has 1 aromatic carbocycles. The number of nitrogens with zero attached hydrogens (tertiary/aromatic N) is 1. The number of furan rings is 1. The van der Waals surface area contributed by atoms with Crippen molar-refractivity contribution in [3.05, 3.63) is 47.9 Å². The lowest BCUT2D eigenvalue weighted by Gasteiger charge is -2.21. The maximum absolute atomic E-state index is 5.49. The molecule has 2 aromatic rings. The van der Waals surface area contributed by atoms with Crippen LogP contribution < -0.4 is 20.1 Å². The Hall–Kier alpha value is -2.63. The molecule has 0 saturated heterocycles. The Morgan fingerprint density at radius 1 is 1.23 bits per heavy atom. The van der Waals surface area contributed by atoms with Crippen molar-refractivity contribution in [2.75, 3.05) is 27.3 Å². The van der Waals surface area contributed by atoms with E-state index in [1.54, 1.807) is 20.5 Å². The number of rotatable bonds is 9. The lowest BCUT2D eigenvalue weighted by atomic mass is 10.1. The van der Waals surface area contributed by atoms with Crippen molar-refractivity contribution in [2.45, 2.75) is 32.7 Å². The van der Waals surface area contributed by atoms with Crippen LogP contribution >= 0.6 is 0 Å². The van der Waals surface area contributed by atoms with Gasteiger partial charge < -0.3 is 24.5 Å². The number of nitrogens with one attached hydrogen (secondary N) is 2. The van der Waals surface area contributed by atoms with Gasteiger partial charge >= 0.3 is 0 Å². The SMILES string of the molecule is CCCN=C(NCCc1ccco1)NC(C)c1cc(OC)ccc1OC. The van der Waals surface area contributed by atoms with Crippen LogP contribution in [0.3, 0.4) is 0 Å². The number of ether oxygens (including phenoxy) is 2. The fraction of sp³-hybridized carbons (Fsp3) is 0.450. The van der Waals surface area contributed by atoms with Crippen LogP contribution in [0, 0.1) is 0 Å². The summed E-state index contributed by atoms with van der Waals surface area (Å²) >= 11 is 0. The third-order valence-corrected chi connectivity index (χ3v) is 3.99. The summed E-state index contributed by atoms with van der Waals surface area (Å²) in [5.74, 6) is 3.34. The van der Waals surface area contributed by atoms with Gasteiger partial charge in [0.2, 0.25) is 0 Å².